The molecule has 1 aromatic rings. The van der Waals surface area contributed by atoms with Crippen molar-refractivity contribution in [2.45, 2.75) is 45.6 Å². The molecule has 14 heavy (non-hydrogen) atoms. The van der Waals surface area contributed by atoms with Gasteiger partial charge in [-0.2, -0.15) is 0 Å². The summed E-state index contributed by atoms with van der Waals surface area (Å²) in [6, 6.07) is 4.29. The third kappa shape index (κ3) is 3.97. The highest BCUT2D eigenvalue weighted by Crippen LogP contribution is 2.12. The molecule has 80 valence electrons. The van der Waals surface area contributed by atoms with Crippen LogP contribution < -0.4 is 5.32 Å². The van der Waals surface area contributed by atoms with E-state index in [1.54, 1.807) is 6.26 Å². The molecule has 0 spiro atoms. The van der Waals surface area contributed by atoms with Crippen LogP contribution in [0.2, 0.25) is 0 Å². The number of furan rings is 1. The molecule has 1 heterocycles. The quantitative estimate of drug-likeness (QED) is 0.673. The Labute approximate surface area is 86.7 Å². The van der Waals surface area contributed by atoms with Crippen LogP contribution in [-0.4, -0.2) is 6.54 Å². The highest BCUT2D eigenvalue weighted by Gasteiger charge is 2.05. The van der Waals surface area contributed by atoms with Crippen LogP contribution in [0.15, 0.2) is 22.8 Å². The number of unbranched alkanes of at least 4 members (excludes halogenated alkanes) is 3. The van der Waals surface area contributed by atoms with Gasteiger partial charge in [-0.3, -0.25) is 0 Å². The van der Waals surface area contributed by atoms with Crippen molar-refractivity contribution < 1.29 is 4.42 Å². The molecule has 2 nitrogen and oxygen atoms in total. The Kier molecular flexibility index (Phi) is 5.38. The SMILES string of the molecule is CCCCCCNC(C)c1ccco1. The molecule has 0 aliphatic heterocycles. The maximum absolute atomic E-state index is 5.31. The summed E-state index contributed by atoms with van der Waals surface area (Å²) < 4.78 is 5.31. The zero-order valence-electron chi connectivity index (χ0n) is 9.25. The van der Waals surface area contributed by atoms with Gasteiger partial charge >= 0.3 is 0 Å². The van der Waals surface area contributed by atoms with Crippen molar-refractivity contribution >= 4 is 0 Å². The molecule has 0 radical (unpaired) electrons. The summed E-state index contributed by atoms with van der Waals surface area (Å²) in [5.74, 6) is 1.03. The zero-order valence-corrected chi connectivity index (χ0v) is 9.25. The van der Waals surface area contributed by atoms with Gasteiger partial charge < -0.3 is 9.73 Å². The minimum absolute atomic E-state index is 0.339. The van der Waals surface area contributed by atoms with Gasteiger partial charge in [0.25, 0.3) is 0 Å². The highest BCUT2D eigenvalue weighted by atomic mass is 16.3. The Morgan fingerprint density at radius 1 is 1.36 bits per heavy atom. The molecule has 0 aliphatic carbocycles. The molecular weight excluding hydrogens is 174 g/mol. The van der Waals surface area contributed by atoms with Gasteiger partial charge in [0.2, 0.25) is 0 Å². The fourth-order valence-electron chi connectivity index (χ4n) is 1.51. The molecule has 1 unspecified atom stereocenters. The van der Waals surface area contributed by atoms with E-state index in [1.165, 1.54) is 25.7 Å². The first kappa shape index (κ1) is 11.3. The largest absolute Gasteiger partial charge is 0.468 e. The average Bonchev–Trinajstić information content (AvgIpc) is 2.70. The molecule has 0 amide bonds. The lowest BCUT2D eigenvalue weighted by Crippen LogP contribution is -2.19. The fraction of sp³-hybridized carbons (Fsp3) is 0.667. The van der Waals surface area contributed by atoms with E-state index in [4.69, 9.17) is 4.42 Å². The molecule has 1 rings (SSSR count). The maximum Gasteiger partial charge on any atom is 0.120 e. The molecule has 0 fully saturated rings. The lowest BCUT2D eigenvalue weighted by Gasteiger charge is -2.10. The van der Waals surface area contributed by atoms with Gasteiger partial charge in [-0.25, -0.2) is 0 Å². The van der Waals surface area contributed by atoms with E-state index in [0.29, 0.717) is 6.04 Å². The van der Waals surface area contributed by atoms with Gasteiger partial charge in [-0.15, -0.1) is 0 Å². The van der Waals surface area contributed by atoms with Crippen molar-refractivity contribution in [1.29, 1.82) is 0 Å². The third-order valence-electron chi connectivity index (χ3n) is 2.45. The predicted molar refractivity (Wildman–Crippen MR) is 59.3 cm³/mol. The Morgan fingerprint density at radius 3 is 2.86 bits per heavy atom. The van der Waals surface area contributed by atoms with Gasteiger partial charge in [0.1, 0.15) is 5.76 Å². The van der Waals surface area contributed by atoms with Crippen LogP contribution in [0.3, 0.4) is 0 Å². The number of nitrogens with one attached hydrogen (secondary N) is 1. The van der Waals surface area contributed by atoms with Crippen LogP contribution in [0.4, 0.5) is 0 Å². The summed E-state index contributed by atoms with van der Waals surface area (Å²) in [4.78, 5) is 0. The van der Waals surface area contributed by atoms with E-state index in [0.717, 1.165) is 12.3 Å². The molecule has 1 atom stereocenters. The Bertz CT molecular complexity index is 218. The second-order valence-electron chi connectivity index (χ2n) is 3.75. The minimum atomic E-state index is 0.339. The normalized spacial score (nSPS) is 13.0. The minimum Gasteiger partial charge on any atom is -0.468 e. The van der Waals surface area contributed by atoms with Crippen molar-refractivity contribution in [2.75, 3.05) is 6.54 Å². The summed E-state index contributed by atoms with van der Waals surface area (Å²) >= 11 is 0. The summed E-state index contributed by atoms with van der Waals surface area (Å²) in [5.41, 5.74) is 0. The molecule has 1 N–H and O–H groups in total. The molecule has 2 heteroatoms. The molecule has 0 bridgehead atoms. The van der Waals surface area contributed by atoms with Gasteiger partial charge in [0.15, 0.2) is 0 Å². The summed E-state index contributed by atoms with van der Waals surface area (Å²) in [6.07, 6.45) is 6.96. The second-order valence-corrected chi connectivity index (χ2v) is 3.75. The smallest absolute Gasteiger partial charge is 0.120 e. The Hall–Kier alpha value is -0.760. The van der Waals surface area contributed by atoms with Gasteiger partial charge in [-0.1, -0.05) is 26.2 Å². The lowest BCUT2D eigenvalue weighted by atomic mass is 10.2. The molecule has 0 aliphatic rings. The summed E-state index contributed by atoms with van der Waals surface area (Å²) in [7, 11) is 0. The van der Waals surface area contributed by atoms with Crippen molar-refractivity contribution in [3.63, 3.8) is 0 Å². The van der Waals surface area contributed by atoms with Crippen LogP contribution in [0.25, 0.3) is 0 Å². The fourth-order valence-corrected chi connectivity index (χ4v) is 1.51. The van der Waals surface area contributed by atoms with Crippen LogP contribution >= 0.6 is 0 Å². The predicted octanol–water partition coefficient (Wildman–Crippen LogP) is 3.51. The van der Waals surface area contributed by atoms with Crippen LogP contribution in [-0.2, 0) is 0 Å². The van der Waals surface area contributed by atoms with Crippen LogP contribution in [0.1, 0.15) is 51.3 Å². The van der Waals surface area contributed by atoms with Crippen molar-refractivity contribution in [3.05, 3.63) is 24.2 Å². The number of hydrogen-bond donors (Lipinski definition) is 1. The van der Waals surface area contributed by atoms with E-state index in [1.807, 2.05) is 12.1 Å². The van der Waals surface area contributed by atoms with E-state index < -0.39 is 0 Å². The van der Waals surface area contributed by atoms with Crippen molar-refractivity contribution in [2.24, 2.45) is 0 Å². The van der Waals surface area contributed by atoms with Crippen molar-refractivity contribution in [3.8, 4) is 0 Å². The highest BCUT2D eigenvalue weighted by molar-refractivity contribution is 5.02. The maximum atomic E-state index is 5.31. The first-order chi connectivity index (χ1) is 6.84. The zero-order chi connectivity index (χ0) is 10.2. The van der Waals surface area contributed by atoms with Crippen LogP contribution in [0.5, 0.6) is 0 Å². The number of rotatable bonds is 7. The Morgan fingerprint density at radius 2 is 2.21 bits per heavy atom. The third-order valence-corrected chi connectivity index (χ3v) is 2.45. The molecule has 1 aromatic heterocycles. The van der Waals surface area contributed by atoms with E-state index in [-0.39, 0.29) is 0 Å². The lowest BCUT2D eigenvalue weighted by molar-refractivity contribution is 0.426. The first-order valence-electron chi connectivity index (χ1n) is 5.61. The topological polar surface area (TPSA) is 25.2 Å². The van der Waals surface area contributed by atoms with Gasteiger partial charge in [0, 0.05) is 0 Å². The molecule has 0 aromatic carbocycles. The summed E-state index contributed by atoms with van der Waals surface area (Å²) in [6.45, 7) is 5.46. The summed E-state index contributed by atoms with van der Waals surface area (Å²) in [5, 5.41) is 3.45. The van der Waals surface area contributed by atoms with E-state index in [2.05, 4.69) is 19.2 Å². The van der Waals surface area contributed by atoms with Gasteiger partial charge in [0.05, 0.1) is 12.3 Å². The second kappa shape index (κ2) is 6.66. The average molecular weight is 195 g/mol. The Balaban J connectivity index is 2.07. The first-order valence-corrected chi connectivity index (χ1v) is 5.61. The molecular formula is C12H21NO. The van der Waals surface area contributed by atoms with E-state index in [9.17, 15) is 0 Å². The molecule has 0 saturated heterocycles. The van der Waals surface area contributed by atoms with Gasteiger partial charge in [-0.05, 0) is 32.0 Å². The van der Waals surface area contributed by atoms with Crippen molar-refractivity contribution in [1.82, 2.24) is 5.32 Å². The molecule has 0 saturated carbocycles. The monoisotopic (exact) mass is 195 g/mol. The number of hydrogen-bond acceptors (Lipinski definition) is 2. The van der Waals surface area contributed by atoms with E-state index >= 15 is 0 Å². The standard InChI is InChI=1S/C12H21NO/c1-3-4-5-6-9-13-11(2)12-8-7-10-14-12/h7-8,10-11,13H,3-6,9H2,1-2H3. The van der Waals surface area contributed by atoms with Crippen LogP contribution in [0, 0.1) is 0 Å².